The number of furan rings is 1. The summed E-state index contributed by atoms with van der Waals surface area (Å²) in [7, 11) is 0. The van der Waals surface area contributed by atoms with Crippen molar-refractivity contribution in [3.05, 3.63) is 24.0 Å². The van der Waals surface area contributed by atoms with E-state index in [0.29, 0.717) is 29.9 Å². The highest BCUT2D eigenvalue weighted by Gasteiger charge is 2.31. The fraction of sp³-hybridized carbons (Fsp3) is 0.286. The van der Waals surface area contributed by atoms with Crippen LogP contribution in [0.25, 0.3) is 11.0 Å². The van der Waals surface area contributed by atoms with Gasteiger partial charge in [-0.3, -0.25) is 14.9 Å². The van der Waals surface area contributed by atoms with Crippen molar-refractivity contribution in [2.24, 2.45) is 0 Å². The number of benzene rings is 1. The second-order valence-corrected chi connectivity index (χ2v) is 4.90. The van der Waals surface area contributed by atoms with Gasteiger partial charge in [0, 0.05) is 23.4 Å². The van der Waals surface area contributed by atoms with Crippen LogP contribution in [0, 0.1) is 0 Å². The van der Waals surface area contributed by atoms with E-state index in [1.54, 1.807) is 12.3 Å². The van der Waals surface area contributed by atoms with Crippen LogP contribution < -0.4 is 14.8 Å². The molecule has 102 valence electrons. The number of nitrogens with one attached hydrogen (secondary N) is 1. The molecule has 2 aliphatic rings. The highest BCUT2D eigenvalue weighted by Crippen LogP contribution is 2.40. The zero-order chi connectivity index (χ0) is 13.7. The van der Waals surface area contributed by atoms with Crippen LogP contribution in [0.3, 0.4) is 0 Å². The Bertz CT molecular complexity index is 732. The minimum atomic E-state index is -0.366. The number of carbonyl (C=O) groups is 2. The second-order valence-electron chi connectivity index (χ2n) is 4.90. The molecule has 1 aromatic carbocycles. The van der Waals surface area contributed by atoms with Crippen molar-refractivity contribution in [3.8, 4) is 11.5 Å². The number of carbonyl (C=O) groups excluding carboxylic acids is 2. The number of hydrogen-bond acceptors (Lipinski definition) is 5. The summed E-state index contributed by atoms with van der Waals surface area (Å²) in [6, 6.07) is 3.58. The van der Waals surface area contributed by atoms with Crippen molar-refractivity contribution in [1.82, 2.24) is 5.32 Å². The molecule has 20 heavy (non-hydrogen) atoms. The maximum absolute atomic E-state index is 12.0. The van der Waals surface area contributed by atoms with Crippen molar-refractivity contribution < 1.29 is 23.5 Å². The Kier molecular flexibility index (Phi) is 2.26. The number of hydrogen-bond donors (Lipinski definition) is 1. The van der Waals surface area contributed by atoms with Crippen LogP contribution in [-0.2, 0) is 9.59 Å². The van der Waals surface area contributed by atoms with E-state index >= 15 is 0 Å². The molecule has 6 nitrogen and oxygen atoms in total. The number of imide groups is 1. The summed E-state index contributed by atoms with van der Waals surface area (Å²) >= 11 is 0. The molecule has 6 heteroatoms. The summed E-state index contributed by atoms with van der Waals surface area (Å²) in [5.41, 5.74) is 1.43. The van der Waals surface area contributed by atoms with Crippen LogP contribution in [0.15, 0.2) is 22.8 Å². The molecule has 1 fully saturated rings. The molecule has 2 amide bonds. The molecule has 2 aliphatic heterocycles. The van der Waals surface area contributed by atoms with E-state index in [2.05, 4.69) is 5.32 Å². The Labute approximate surface area is 113 Å². The highest BCUT2D eigenvalue weighted by atomic mass is 16.7. The molecule has 1 atom stereocenters. The van der Waals surface area contributed by atoms with E-state index in [1.807, 2.05) is 6.07 Å². The predicted octanol–water partition coefficient (Wildman–Crippen LogP) is 1.68. The van der Waals surface area contributed by atoms with Gasteiger partial charge in [-0.25, -0.2) is 0 Å². The smallest absolute Gasteiger partial charge is 0.234 e. The first-order chi connectivity index (χ1) is 9.72. The van der Waals surface area contributed by atoms with Gasteiger partial charge in [-0.05, 0) is 12.5 Å². The molecule has 2 aromatic rings. The number of ether oxygens (including phenoxy) is 2. The van der Waals surface area contributed by atoms with E-state index < -0.39 is 0 Å². The fourth-order valence-electron chi connectivity index (χ4n) is 2.70. The first kappa shape index (κ1) is 11.3. The minimum Gasteiger partial charge on any atom is -0.464 e. The number of fused-ring (bicyclic) bond motifs is 2. The summed E-state index contributed by atoms with van der Waals surface area (Å²) in [5.74, 6) is 0.418. The number of amides is 2. The third-order valence-electron chi connectivity index (χ3n) is 3.71. The van der Waals surface area contributed by atoms with E-state index in [0.717, 1.165) is 10.9 Å². The van der Waals surface area contributed by atoms with Crippen LogP contribution in [0.1, 0.15) is 24.3 Å². The molecule has 0 spiro atoms. The molecule has 1 aromatic heterocycles. The molecule has 4 rings (SSSR count). The summed E-state index contributed by atoms with van der Waals surface area (Å²) < 4.78 is 16.1. The first-order valence-electron chi connectivity index (χ1n) is 6.37. The van der Waals surface area contributed by atoms with Gasteiger partial charge >= 0.3 is 0 Å². The molecule has 3 heterocycles. The van der Waals surface area contributed by atoms with Gasteiger partial charge in [-0.15, -0.1) is 0 Å². The molecule has 0 aliphatic carbocycles. The monoisotopic (exact) mass is 273 g/mol. The van der Waals surface area contributed by atoms with Crippen molar-refractivity contribution >= 4 is 22.8 Å². The Morgan fingerprint density at radius 1 is 1.15 bits per heavy atom. The van der Waals surface area contributed by atoms with Gasteiger partial charge in [0.05, 0.1) is 12.2 Å². The third kappa shape index (κ3) is 1.57. The predicted molar refractivity (Wildman–Crippen MR) is 67.5 cm³/mol. The zero-order valence-electron chi connectivity index (χ0n) is 10.5. The van der Waals surface area contributed by atoms with Crippen LogP contribution in [0.4, 0.5) is 0 Å². The summed E-state index contributed by atoms with van der Waals surface area (Å²) in [5, 5.41) is 3.18. The third-order valence-corrected chi connectivity index (χ3v) is 3.71. The number of piperidine rings is 1. The normalized spacial score (nSPS) is 21.3. The van der Waals surface area contributed by atoms with E-state index in [-0.39, 0.29) is 24.5 Å². The summed E-state index contributed by atoms with van der Waals surface area (Å²) in [4.78, 5) is 23.2. The molecule has 1 N–H and O–H groups in total. The Morgan fingerprint density at radius 3 is 2.75 bits per heavy atom. The first-order valence-corrected chi connectivity index (χ1v) is 6.37. The Hall–Kier alpha value is -2.50. The summed E-state index contributed by atoms with van der Waals surface area (Å²) in [6.07, 6.45) is 2.40. The van der Waals surface area contributed by atoms with Gasteiger partial charge < -0.3 is 13.9 Å². The number of rotatable bonds is 1. The van der Waals surface area contributed by atoms with Crippen molar-refractivity contribution in [2.75, 3.05) is 6.79 Å². The SMILES string of the molecule is O=C1CC[C@@H](c2coc3cc4c(cc23)OCO4)C(=O)N1. The maximum atomic E-state index is 12.0. The van der Waals surface area contributed by atoms with Gasteiger partial charge in [0.25, 0.3) is 0 Å². The molecule has 0 unspecified atom stereocenters. The summed E-state index contributed by atoms with van der Waals surface area (Å²) in [6.45, 7) is 0.190. The molecular formula is C14H11NO5. The van der Waals surface area contributed by atoms with Crippen LogP contribution in [0.5, 0.6) is 11.5 Å². The Morgan fingerprint density at radius 2 is 1.95 bits per heavy atom. The van der Waals surface area contributed by atoms with E-state index in [4.69, 9.17) is 13.9 Å². The molecule has 0 bridgehead atoms. The highest BCUT2D eigenvalue weighted by molar-refractivity contribution is 6.03. The largest absolute Gasteiger partial charge is 0.464 e. The average Bonchev–Trinajstić information content (AvgIpc) is 3.02. The molecule has 0 saturated carbocycles. The Balaban J connectivity index is 1.80. The molecular weight excluding hydrogens is 262 g/mol. The topological polar surface area (TPSA) is 77.8 Å². The standard InChI is InChI=1S/C14H11NO5/c16-13-2-1-7(14(17)15-13)9-5-18-10-4-12-11(3-8(9)10)19-6-20-12/h3-5,7H,1-2,6H2,(H,15,16,17)/t7-/m0/s1. The van der Waals surface area contributed by atoms with Gasteiger partial charge in [0.2, 0.25) is 18.6 Å². The lowest BCUT2D eigenvalue weighted by molar-refractivity contribution is -0.134. The van der Waals surface area contributed by atoms with Crippen LogP contribution in [-0.4, -0.2) is 18.6 Å². The molecule has 1 saturated heterocycles. The lowest BCUT2D eigenvalue weighted by Crippen LogP contribution is -2.39. The lowest BCUT2D eigenvalue weighted by atomic mass is 9.90. The average molecular weight is 273 g/mol. The minimum absolute atomic E-state index is 0.190. The molecule has 0 radical (unpaired) electrons. The maximum Gasteiger partial charge on any atom is 0.234 e. The van der Waals surface area contributed by atoms with Gasteiger partial charge in [0.15, 0.2) is 11.5 Å². The van der Waals surface area contributed by atoms with E-state index in [1.165, 1.54) is 0 Å². The lowest BCUT2D eigenvalue weighted by Gasteiger charge is -2.19. The quantitative estimate of drug-likeness (QED) is 0.800. The fourth-order valence-corrected chi connectivity index (χ4v) is 2.70. The van der Waals surface area contributed by atoms with Gasteiger partial charge in [-0.1, -0.05) is 0 Å². The van der Waals surface area contributed by atoms with Crippen molar-refractivity contribution in [3.63, 3.8) is 0 Å². The zero-order valence-corrected chi connectivity index (χ0v) is 10.5. The van der Waals surface area contributed by atoms with Crippen molar-refractivity contribution in [2.45, 2.75) is 18.8 Å². The van der Waals surface area contributed by atoms with Crippen LogP contribution >= 0.6 is 0 Å². The van der Waals surface area contributed by atoms with Gasteiger partial charge in [0.1, 0.15) is 5.58 Å². The van der Waals surface area contributed by atoms with Gasteiger partial charge in [-0.2, -0.15) is 0 Å². The van der Waals surface area contributed by atoms with Crippen LogP contribution in [0.2, 0.25) is 0 Å². The second kappa shape index (κ2) is 4.00. The van der Waals surface area contributed by atoms with E-state index in [9.17, 15) is 9.59 Å². The van der Waals surface area contributed by atoms with Crippen molar-refractivity contribution in [1.29, 1.82) is 0 Å².